The van der Waals surface area contributed by atoms with Gasteiger partial charge in [0.15, 0.2) is 0 Å². The molecular weight excluding hydrogens is 294 g/mol. The van der Waals surface area contributed by atoms with Crippen LogP contribution in [-0.2, 0) is 6.42 Å². The van der Waals surface area contributed by atoms with Crippen molar-refractivity contribution in [2.45, 2.75) is 38.1 Å². The van der Waals surface area contributed by atoms with Gasteiger partial charge >= 0.3 is 0 Å². The van der Waals surface area contributed by atoms with E-state index in [0.717, 1.165) is 13.0 Å². The van der Waals surface area contributed by atoms with Gasteiger partial charge in [-0.05, 0) is 69.1 Å². The average Bonchev–Trinajstić information content (AvgIpc) is 2.73. The van der Waals surface area contributed by atoms with Crippen LogP contribution in [-0.4, -0.2) is 42.6 Å². The summed E-state index contributed by atoms with van der Waals surface area (Å²) >= 11 is 0. The van der Waals surface area contributed by atoms with Crippen molar-refractivity contribution in [3.8, 4) is 0 Å². The summed E-state index contributed by atoms with van der Waals surface area (Å²) in [6, 6.07) is 12.0. The zero-order valence-electron chi connectivity index (χ0n) is 14.8. The molecule has 0 amide bonds. The monoisotopic (exact) mass is 321 g/mol. The predicted octanol–water partition coefficient (Wildman–Crippen LogP) is 3.63. The number of rotatable bonds is 3. The first-order valence-electron chi connectivity index (χ1n) is 9.17. The van der Waals surface area contributed by atoms with Crippen molar-refractivity contribution >= 4 is 5.69 Å². The van der Waals surface area contributed by atoms with Gasteiger partial charge in [-0.25, -0.2) is 0 Å². The minimum absolute atomic E-state index is 0.657. The van der Waals surface area contributed by atoms with Gasteiger partial charge in [0.05, 0.1) is 0 Å². The van der Waals surface area contributed by atoms with Crippen molar-refractivity contribution < 1.29 is 0 Å². The Bertz CT molecular complexity index is 697. The third-order valence-corrected chi connectivity index (χ3v) is 5.70. The standard InChI is InChI=1S/C21H27N3/c1-16-5-6-21-18(14-16)19-15-23(2)12-3-4-20(19)24(21)13-9-17-7-10-22-11-8-17/h5-8,10-11,14,19-20H,3-4,9,12-13,15H2,1-2H3/t19?,20-/m0/s1. The van der Waals surface area contributed by atoms with Crippen molar-refractivity contribution in [3.05, 3.63) is 59.4 Å². The summed E-state index contributed by atoms with van der Waals surface area (Å²) < 4.78 is 0. The summed E-state index contributed by atoms with van der Waals surface area (Å²) in [4.78, 5) is 9.35. The number of anilines is 1. The van der Waals surface area contributed by atoms with E-state index in [-0.39, 0.29) is 0 Å². The minimum atomic E-state index is 0.657. The summed E-state index contributed by atoms with van der Waals surface area (Å²) in [6.07, 6.45) is 7.50. The molecule has 3 heterocycles. The van der Waals surface area contributed by atoms with E-state index in [1.54, 1.807) is 5.56 Å². The van der Waals surface area contributed by atoms with Gasteiger partial charge in [0.25, 0.3) is 0 Å². The lowest BCUT2D eigenvalue weighted by molar-refractivity contribution is 0.330. The normalized spacial score (nSPS) is 23.7. The number of aromatic nitrogens is 1. The number of aryl methyl sites for hydroxylation is 1. The van der Waals surface area contributed by atoms with E-state index in [0.29, 0.717) is 12.0 Å². The van der Waals surface area contributed by atoms with E-state index >= 15 is 0 Å². The molecule has 1 aromatic heterocycles. The molecule has 0 spiro atoms. The van der Waals surface area contributed by atoms with Crippen molar-refractivity contribution in [1.29, 1.82) is 0 Å². The highest BCUT2D eigenvalue weighted by atomic mass is 15.2. The minimum Gasteiger partial charge on any atom is -0.367 e. The number of benzene rings is 1. The van der Waals surface area contributed by atoms with Crippen LogP contribution in [0.15, 0.2) is 42.7 Å². The molecule has 1 saturated heterocycles. The Labute approximate surface area is 145 Å². The molecule has 1 fully saturated rings. The molecule has 1 aromatic carbocycles. The fraction of sp³-hybridized carbons (Fsp3) is 0.476. The first-order valence-corrected chi connectivity index (χ1v) is 9.17. The second kappa shape index (κ2) is 6.56. The quantitative estimate of drug-likeness (QED) is 0.860. The lowest BCUT2D eigenvalue weighted by Crippen LogP contribution is -2.37. The van der Waals surface area contributed by atoms with Gasteiger partial charge in [0.2, 0.25) is 0 Å². The van der Waals surface area contributed by atoms with E-state index in [1.807, 2.05) is 12.4 Å². The molecule has 3 nitrogen and oxygen atoms in total. The van der Waals surface area contributed by atoms with E-state index < -0.39 is 0 Å². The highest BCUT2D eigenvalue weighted by Gasteiger charge is 2.39. The fourth-order valence-corrected chi connectivity index (χ4v) is 4.50. The molecule has 3 heteroatoms. The van der Waals surface area contributed by atoms with E-state index in [9.17, 15) is 0 Å². The third kappa shape index (κ3) is 2.93. The van der Waals surface area contributed by atoms with Crippen molar-refractivity contribution in [1.82, 2.24) is 9.88 Å². The summed E-state index contributed by atoms with van der Waals surface area (Å²) in [6.45, 7) is 5.74. The highest BCUT2D eigenvalue weighted by molar-refractivity contribution is 5.63. The number of nitrogens with zero attached hydrogens (tertiary/aromatic N) is 3. The number of likely N-dealkylation sites (tertiary alicyclic amines) is 1. The summed E-state index contributed by atoms with van der Waals surface area (Å²) in [5, 5.41) is 0. The van der Waals surface area contributed by atoms with Crippen LogP contribution in [0.5, 0.6) is 0 Å². The third-order valence-electron chi connectivity index (χ3n) is 5.70. The van der Waals surface area contributed by atoms with Gasteiger partial charge in [-0.2, -0.15) is 0 Å². The topological polar surface area (TPSA) is 19.4 Å². The summed E-state index contributed by atoms with van der Waals surface area (Å²) in [7, 11) is 2.28. The molecule has 1 unspecified atom stereocenters. The zero-order valence-corrected chi connectivity index (χ0v) is 14.8. The molecule has 126 valence electrons. The zero-order chi connectivity index (χ0) is 16.5. The maximum absolute atomic E-state index is 4.14. The smallest absolute Gasteiger partial charge is 0.0405 e. The molecular formula is C21H27N3. The van der Waals surface area contributed by atoms with Gasteiger partial charge in [-0.1, -0.05) is 17.7 Å². The molecule has 2 atom stereocenters. The van der Waals surface area contributed by atoms with Crippen LogP contribution < -0.4 is 4.90 Å². The van der Waals surface area contributed by atoms with Crippen molar-refractivity contribution in [2.24, 2.45) is 0 Å². The molecule has 0 radical (unpaired) electrons. The Hall–Kier alpha value is -1.87. The molecule has 4 rings (SSSR count). The van der Waals surface area contributed by atoms with Crippen molar-refractivity contribution in [2.75, 3.05) is 31.6 Å². The number of fused-ring (bicyclic) bond motifs is 3. The van der Waals surface area contributed by atoms with Gasteiger partial charge in [-0.15, -0.1) is 0 Å². The molecule has 2 aliphatic heterocycles. The predicted molar refractivity (Wildman–Crippen MR) is 99.7 cm³/mol. The summed E-state index contributed by atoms with van der Waals surface area (Å²) in [5.74, 6) is 0.657. The highest BCUT2D eigenvalue weighted by Crippen LogP contribution is 2.44. The first-order chi connectivity index (χ1) is 11.7. The van der Waals surface area contributed by atoms with Gasteiger partial charge in [0, 0.05) is 43.1 Å². The fourth-order valence-electron chi connectivity index (χ4n) is 4.50. The second-order valence-corrected chi connectivity index (χ2v) is 7.44. The SMILES string of the molecule is Cc1ccc2c(c1)C1CN(C)CCC[C@@H]1N2CCc1ccncc1. The lowest BCUT2D eigenvalue weighted by atomic mass is 9.92. The molecule has 0 bridgehead atoms. The summed E-state index contributed by atoms with van der Waals surface area (Å²) in [5.41, 5.74) is 5.81. The van der Waals surface area contributed by atoms with E-state index in [1.165, 1.54) is 42.7 Å². The van der Waals surface area contributed by atoms with E-state index in [2.05, 4.69) is 59.1 Å². The lowest BCUT2D eigenvalue weighted by Gasteiger charge is -2.29. The first kappa shape index (κ1) is 15.6. The maximum Gasteiger partial charge on any atom is 0.0405 e. The largest absolute Gasteiger partial charge is 0.367 e. The number of pyridine rings is 1. The van der Waals surface area contributed by atoms with Gasteiger partial charge in [-0.3, -0.25) is 4.98 Å². The Kier molecular flexibility index (Phi) is 4.28. The van der Waals surface area contributed by atoms with Gasteiger partial charge < -0.3 is 9.80 Å². The van der Waals surface area contributed by atoms with Gasteiger partial charge in [0.1, 0.15) is 0 Å². The Morgan fingerprint density at radius 3 is 2.83 bits per heavy atom. The van der Waals surface area contributed by atoms with Crippen LogP contribution >= 0.6 is 0 Å². The van der Waals surface area contributed by atoms with Crippen LogP contribution in [0.3, 0.4) is 0 Å². The van der Waals surface area contributed by atoms with Crippen LogP contribution in [0.1, 0.15) is 35.4 Å². The molecule has 2 aromatic rings. The average molecular weight is 321 g/mol. The molecule has 0 saturated carbocycles. The Morgan fingerprint density at radius 1 is 1.17 bits per heavy atom. The Morgan fingerprint density at radius 2 is 2.00 bits per heavy atom. The molecule has 24 heavy (non-hydrogen) atoms. The number of likely N-dealkylation sites (N-methyl/N-ethyl adjacent to an activating group) is 1. The molecule has 0 N–H and O–H groups in total. The van der Waals surface area contributed by atoms with Crippen LogP contribution in [0.25, 0.3) is 0 Å². The van der Waals surface area contributed by atoms with Crippen molar-refractivity contribution in [3.63, 3.8) is 0 Å². The molecule has 0 aliphatic carbocycles. The molecule has 2 aliphatic rings. The Balaban J connectivity index is 1.63. The number of hydrogen-bond donors (Lipinski definition) is 0. The number of hydrogen-bond acceptors (Lipinski definition) is 3. The van der Waals surface area contributed by atoms with Crippen LogP contribution in [0, 0.1) is 6.92 Å². The van der Waals surface area contributed by atoms with Crippen LogP contribution in [0.2, 0.25) is 0 Å². The van der Waals surface area contributed by atoms with E-state index in [4.69, 9.17) is 0 Å². The second-order valence-electron chi connectivity index (χ2n) is 7.44. The van der Waals surface area contributed by atoms with Crippen LogP contribution in [0.4, 0.5) is 5.69 Å². The maximum atomic E-state index is 4.14.